The first kappa shape index (κ1) is 13.1. The fourth-order valence-corrected chi connectivity index (χ4v) is 2.74. The smallest absolute Gasteiger partial charge is 0.337 e. The second-order valence-electron chi connectivity index (χ2n) is 4.72. The Labute approximate surface area is 112 Å². The SMILES string of the molecule is CCCC1CCN(c2ncc(C(=O)O)cc2Cl)C1. The van der Waals surface area contributed by atoms with E-state index in [0.717, 1.165) is 19.5 Å². The molecule has 1 aromatic heterocycles. The number of nitrogens with zero attached hydrogens (tertiary/aromatic N) is 2. The summed E-state index contributed by atoms with van der Waals surface area (Å²) >= 11 is 6.11. The van der Waals surface area contributed by atoms with Crippen LogP contribution in [0.2, 0.25) is 5.02 Å². The summed E-state index contributed by atoms with van der Waals surface area (Å²) in [5, 5.41) is 9.29. The van der Waals surface area contributed by atoms with Crippen molar-refractivity contribution in [3.63, 3.8) is 0 Å². The molecule has 0 bridgehead atoms. The molecule has 0 aliphatic carbocycles. The van der Waals surface area contributed by atoms with E-state index in [1.165, 1.54) is 25.1 Å². The van der Waals surface area contributed by atoms with Crippen molar-refractivity contribution in [2.24, 2.45) is 5.92 Å². The Bertz CT molecular complexity index is 451. The van der Waals surface area contributed by atoms with Crippen molar-refractivity contribution in [2.45, 2.75) is 26.2 Å². The summed E-state index contributed by atoms with van der Waals surface area (Å²) in [6, 6.07) is 1.47. The minimum Gasteiger partial charge on any atom is -0.478 e. The molecule has 0 aromatic carbocycles. The monoisotopic (exact) mass is 268 g/mol. The largest absolute Gasteiger partial charge is 0.478 e. The average molecular weight is 269 g/mol. The third-order valence-electron chi connectivity index (χ3n) is 3.35. The van der Waals surface area contributed by atoms with Crippen molar-refractivity contribution >= 4 is 23.4 Å². The van der Waals surface area contributed by atoms with E-state index in [0.29, 0.717) is 16.8 Å². The van der Waals surface area contributed by atoms with Gasteiger partial charge in [-0.25, -0.2) is 9.78 Å². The van der Waals surface area contributed by atoms with E-state index in [9.17, 15) is 4.79 Å². The molecule has 1 saturated heterocycles. The highest BCUT2D eigenvalue weighted by Crippen LogP contribution is 2.30. The van der Waals surface area contributed by atoms with Crippen LogP contribution < -0.4 is 4.90 Å². The number of rotatable bonds is 4. The van der Waals surface area contributed by atoms with Gasteiger partial charge in [0.2, 0.25) is 0 Å². The lowest BCUT2D eigenvalue weighted by Gasteiger charge is -2.18. The van der Waals surface area contributed by atoms with Crippen LogP contribution in [0, 0.1) is 5.92 Å². The van der Waals surface area contributed by atoms with Gasteiger partial charge in [-0.3, -0.25) is 0 Å². The number of carbonyl (C=O) groups is 1. The highest BCUT2D eigenvalue weighted by Gasteiger charge is 2.24. The minimum atomic E-state index is -0.999. The molecule has 1 aliphatic heterocycles. The lowest BCUT2D eigenvalue weighted by atomic mass is 10.0. The predicted molar refractivity (Wildman–Crippen MR) is 71.4 cm³/mol. The summed E-state index contributed by atoms with van der Waals surface area (Å²) in [6.07, 6.45) is 4.95. The molecule has 0 amide bonds. The predicted octanol–water partition coefficient (Wildman–Crippen LogP) is 3.06. The number of hydrogen-bond acceptors (Lipinski definition) is 3. The average Bonchev–Trinajstić information content (AvgIpc) is 2.77. The summed E-state index contributed by atoms with van der Waals surface area (Å²) in [5.41, 5.74) is 0.132. The maximum atomic E-state index is 10.8. The van der Waals surface area contributed by atoms with Crippen LogP contribution in [0.1, 0.15) is 36.5 Å². The standard InChI is InChI=1S/C13H17ClN2O2/c1-2-3-9-4-5-16(8-9)12-11(14)6-10(7-15-12)13(17)18/h6-7,9H,2-5,8H2,1H3,(H,17,18). The molecule has 1 atom stereocenters. The zero-order valence-corrected chi connectivity index (χ0v) is 11.2. The summed E-state index contributed by atoms with van der Waals surface area (Å²) in [4.78, 5) is 17.1. The number of anilines is 1. The topological polar surface area (TPSA) is 53.4 Å². The van der Waals surface area contributed by atoms with Gasteiger partial charge in [-0.1, -0.05) is 24.9 Å². The Hall–Kier alpha value is -1.29. The lowest BCUT2D eigenvalue weighted by Crippen LogP contribution is -2.21. The van der Waals surface area contributed by atoms with Gasteiger partial charge in [-0.2, -0.15) is 0 Å². The normalized spacial score (nSPS) is 19.2. The molecule has 1 fully saturated rings. The first-order chi connectivity index (χ1) is 8.61. The summed E-state index contributed by atoms with van der Waals surface area (Å²) in [7, 11) is 0. The first-order valence-electron chi connectivity index (χ1n) is 6.25. The molecule has 1 aliphatic rings. The maximum Gasteiger partial charge on any atom is 0.337 e. The van der Waals surface area contributed by atoms with Gasteiger partial charge in [0.25, 0.3) is 0 Å². The molecular weight excluding hydrogens is 252 g/mol. The number of pyridine rings is 1. The number of halogens is 1. The molecule has 2 rings (SSSR count). The molecule has 1 unspecified atom stereocenters. The van der Waals surface area contributed by atoms with Crippen LogP contribution in [0.25, 0.3) is 0 Å². The van der Waals surface area contributed by atoms with Gasteiger partial charge in [0, 0.05) is 19.3 Å². The van der Waals surface area contributed by atoms with Crippen molar-refractivity contribution in [2.75, 3.05) is 18.0 Å². The van der Waals surface area contributed by atoms with Gasteiger partial charge in [0.15, 0.2) is 0 Å². The number of aromatic carboxylic acids is 1. The highest BCUT2D eigenvalue weighted by molar-refractivity contribution is 6.33. The van der Waals surface area contributed by atoms with Crippen molar-refractivity contribution < 1.29 is 9.90 Å². The van der Waals surface area contributed by atoms with Crippen LogP contribution >= 0.6 is 11.6 Å². The molecule has 0 saturated carbocycles. The van der Waals surface area contributed by atoms with E-state index < -0.39 is 5.97 Å². The third-order valence-corrected chi connectivity index (χ3v) is 3.63. The Morgan fingerprint density at radius 1 is 1.67 bits per heavy atom. The zero-order chi connectivity index (χ0) is 13.1. The van der Waals surface area contributed by atoms with E-state index in [-0.39, 0.29) is 5.56 Å². The summed E-state index contributed by atoms with van der Waals surface area (Å²) in [5.74, 6) is 0.411. The quantitative estimate of drug-likeness (QED) is 0.912. The Morgan fingerprint density at radius 3 is 3.06 bits per heavy atom. The van der Waals surface area contributed by atoms with Crippen LogP contribution in [0.5, 0.6) is 0 Å². The van der Waals surface area contributed by atoms with Gasteiger partial charge >= 0.3 is 5.97 Å². The molecule has 2 heterocycles. The van der Waals surface area contributed by atoms with E-state index in [2.05, 4.69) is 16.8 Å². The van der Waals surface area contributed by atoms with E-state index >= 15 is 0 Å². The maximum absolute atomic E-state index is 10.8. The van der Waals surface area contributed by atoms with Crippen molar-refractivity contribution in [3.8, 4) is 0 Å². The third kappa shape index (κ3) is 2.75. The number of carboxylic acids is 1. The second kappa shape index (κ2) is 5.57. The van der Waals surface area contributed by atoms with Crippen LogP contribution in [-0.4, -0.2) is 29.1 Å². The fourth-order valence-electron chi connectivity index (χ4n) is 2.45. The van der Waals surface area contributed by atoms with E-state index in [1.807, 2.05) is 0 Å². The lowest BCUT2D eigenvalue weighted by molar-refractivity contribution is 0.0696. The molecule has 0 spiro atoms. The molecule has 18 heavy (non-hydrogen) atoms. The van der Waals surface area contributed by atoms with Crippen LogP contribution in [0.15, 0.2) is 12.3 Å². The molecule has 98 valence electrons. The van der Waals surface area contributed by atoms with Gasteiger partial charge < -0.3 is 10.0 Å². The Balaban J connectivity index is 2.12. The fraction of sp³-hybridized carbons (Fsp3) is 0.538. The molecule has 1 aromatic rings. The minimum absolute atomic E-state index is 0.132. The summed E-state index contributed by atoms with van der Waals surface area (Å²) < 4.78 is 0. The van der Waals surface area contributed by atoms with Crippen molar-refractivity contribution in [3.05, 3.63) is 22.8 Å². The van der Waals surface area contributed by atoms with Gasteiger partial charge in [-0.15, -0.1) is 0 Å². The number of hydrogen-bond donors (Lipinski definition) is 1. The van der Waals surface area contributed by atoms with Gasteiger partial charge in [0.05, 0.1) is 10.6 Å². The van der Waals surface area contributed by atoms with Crippen molar-refractivity contribution in [1.82, 2.24) is 4.98 Å². The molecule has 4 nitrogen and oxygen atoms in total. The molecule has 0 radical (unpaired) electrons. The van der Waals surface area contributed by atoms with Crippen LogP contribution in [0.3, 0.4) is 0 Å². The van der Waals surface area contributed by atoms with Gasteiger partial charge in [0.1, 0.15) is 5.82 Å². The van der Waals surface area contributed by atoms with E-state index in [1.54, 1.807) is 0 Å². The second-order valence-corrected chi connectivity index (χ2v) is 5.13. The van der Waals surface area contributed by atoms with Crippen LogP contribution in [-0.2, 0) is 0 Å². The number of aromatic nitrogens is 1. The highest BCUT2D eigenvalue weighted by atomic mass is 35.5. The first-order valence-corrected chi connectivity index (χ1v) is 6.63. The zero-order valence-electron chi connectivity index (χ0n) is 10.4. The van der Waals surface area contributed by atoms with E-state index in [4.69, 9.17) is 16.7 Å². The van der Waals surface area contributed by atoms with Gasteiger partial charge in [-0.05, 0) is 24.8 Å². The Kier molecular flexibility index (Phi) is 4.07. The molecule has 5 heteroatoms. The van der Waals surface area contributed by atoms with Crippen LogP contribution in [0.4, 0.5) is 5.82 Å². The molecule has 1 N–H and O–H groups in total. The number of carboxylic acid groups (broad SMARTS) is 1. The summed E-state index contributed by atoms with van der Waals surface area (Å²) in [6.45, 7) is 4.10. The Morgan fingerprint density at radius 2 is 2.44 bits per heavy atom. The van der Waals surface area contributed by atoms with Crippen molar-refractivity contribution in [1.29, 1.82) is 0 Å². The molecular formula is C13H17ClN2O2.